The van der Waals surface area contributed by atoms with Crippen LogP contribution in [0.1, 0.15) is 23.2 Å². The van der Waals surface area contributed by atoms with Gasteiger partial charge in [0.1, 0.15) is 0 Å². The smallest absolute Gasteiger partial charge is 0.254 e. The maximum Gasteiger partial charge on any atom is 0.254 e. The number of benzene rings is 1. The van der Waals surface area contributed by atoms with Crippen molar-refractivity contribution in [2.45, 2.75) is 18.9 Å². The fraction of sp³-hybridized carbons (Fsp3) is 0.650. The number of morpholine rings is 1. The zero-order valence-corrected chi connectivity index (χ0v) is 16.3. The molecule has 0 atom stereocenters. The largest absolute Gasteiger partial charge is 0.493 e. The first-order valence-corrected chi connectivity index (χ1v) is 9.63. The molecule has 1 amide bonds. The summed E-state index contributed by atoms with van der Waals surface area (Å²) >= 11 is 0. The molecule has 0 aliphatic carbocycles. The molecule has 0 bridgehead atoms. The van der Waals surface area contributed by atoms with E-state index in [2.05, 4.69) is 4.90 Å². The second-order valence-electron chi connectivity index (χ2n) is 6.87. The first kappa shape index (κ1) is 19.9. The summed E-state index contributed by atoms with van der Waals surface area (Å²) in [5, 5.41) is 0. The van der Waals surface area contributed by atoms with Gasteiger partial charge in [-0.05, 0) is 31.0 Å². The number of methoxy groups -OCH3 is 2. The monoisotopic (exact) mass is 378 g/mol. The third-order valence-electron chi connectivity index (χ3n) is 5.28. The lowest BCUT2D eigenvalue weighted by Gasteiger charge is -2.36. The second kappa shape index (κ2) is 9.92. The minimum Gasteiger partial charge on any atom is -0.493 e. The molecule has 0 aromatic heterocycles. The number of hydrogen-bond acceptors (Lipinski definition) is 6. The van der Waals surface area contributed by atoms with E-state index in [1.807, 2.05) is 11.0 Å². The Balaban J connectivity index is 1.74. The lowest BCUT2D eigenvalue weighted by molar-refractivity contribution is 0.0141. The zero-order valence-electron chi connectivity index (χ0n) is 16.3. The van der Waals surface area contributed by atoms with Crippen LogP contribution in [0.3, 0.4) is 0 Å². The van der Waals surface area contributed by atoms with Crippen LogP contribution >= 0.6 is 0 Å². The molecule has 150 valence electrons. The van der Waals surface area contributed by atoms with Gasteiger partial charge in [-0.15, -0.1) is 0 Å². The standard InChI is InChI=1S/C20H30N2O5/c1-24-18-4-3-16(15-19(18)25-2)20(23)22(17-5-11-26-12-6-17)8-7-21-9-13-27-14-10-21/h3-4,15,17H,5-14H2,1-2H3. The van der Waals surface area contributed by atoms with E-state index in [-0.39, 0.29) is 11.9 Å². The first-order valence-electron chi connectivity index (χ1n) is 9.63. The van der Waals surface area contributed by atoms with Crippen molar-refractivity contribution in [1.82, 2.24) is 9.80 Å². The molecule has 2 saturated heterocycles. The molecule has 0 saturated carbocycles. The van der Waals surface area contributed by atoms with Gasteiger partial charge in [-0.3, -0.25) is 9.69 Å². The van der Waals surface area contributed by atoms with Gasteiger partial charge < -0.3 is 23.8 Å². The van der Waals surface area contributed by atoms with Crippen molar-refractivity contribution in [1.29, 1.82) is 0 Å². The summed E-state index contributed by atoms with van der Waals surface area (Å²) in [5.41, 5.74) is 0.626. The summed E-state index contributed by atoms with van der Waals surface area (Å²) in [6.45, 7) is 6.35. The van der Waals surface area contributed by atoms with Gasteiger partial charge in [-0.25, -0.2) is 0 Å². The first-order chi connectivity index (χ1) is 13.2. The highest BCUT2D eigenvalue weighted by atomic mass is 16.5. The van der Waals surface area contributed by atoms with Crippen molar-refractivity contribution in [2.24, 2.45) is 0 Å². The second-order valence-corrected chi connectivity index (χ2v) is 6.87. The van der Waals surface area contributed by atoms with Crippen LogP contribution in [0.5, 0.6) is 11.5 Å². The van der Waals surface area contributed by atoms with Crippen molar-refractivity contribution in [3.05, 3.63) is 23.8 Å². The molecule has 0 unspecified atom stereocenters. The molecule has 7 heteroatoms. The molecule has 1 aromatic rings. The summed E-state index contributed by atoms with van der Waals surface area (Å²) in [5.74, 6) is 1.24. The molecule has 0 N–H and O–H groups in total. The van der Waals surface area contributed by atoms with Crippen LogP contribution in [0.15, 0.2) is 18.2 Å². The maximum absolute atomic E-state index is 13.3. The van der Waals surface area contributed by atoms with E-state index in [4.69, 9.17) is 18.9 Å². The van der Waals surface area contributed by atoms with Gasteiger partial charge in [-0.1, -0.05) is 0 Å². The average molecular weight is 378 g/mol. The molecular formula is C20H30N2O5. The van der Waals surface area contributed by atoms with E-state index in [1.54, 1.807) is 26.4 Å². The highest BCUT2D eigenvalue weighted by molar-refractivity contribution is 5.95. The van der Waals surface area contributed by atoms with Gasteiger partial charge in [0.05, 0.1) is 27.4 Å². The predicted molar refractivity (Wildman–Crippen MR) is 102 cm³/mol. The highest BCUT2D eigenvalue weighted by Crippen LogP contribution is 2.29. The van der Waals surface area contributed by atoms with Gasteiger partial charge in [0.25, 0.3) is 5.91 Å². The predicted octanol–water partition coefficient (Wildman–Crippen LogP) is 1.66. The maximum atomic E-state index is 13.3. The molecule has 1 aromatic carbocycles. The van der Waals surface area contributed by atoms with Crippen molar-refractivity contribution in [3.63, 3.8) is 0 Å². The SMILES string of the molecule is COc1ccc(C(=O)N(CCN2CCOCC2)C2CCOCC2)cc1OC. The van der Waals surface area contributed by atoms with Crippen molar-refractivity contribution in [3.8, 4) is 11.5 Å². The third kappa shape index (κ3) is 5.12. The Morgan fingerprint density at radius 3 is 2.41 bits per heavy atom. The minimum atomic E-state index is 0.0381. The van der Waals surface area contributed by atoms with E-state index in [0.717, 1.165) is 45.7 Å². The zero-order chi connectivity index (χ0) is 19.1. The number of rotatable bonds is 7. The van der Waals surface area contributed by atoms with Gasteiger partial charge >= 0.3 is 0 Å². The van der Waals surface area contributed by atoms with E-state index >= 15 is 0 Å². The van der Waals surface area contributed by atoms with Gasteiger partial charge in [-0.2, -0.15) is 0 Å². The van der Waals surface area contributed by atoms with Crippen molar-refractivity contribution in [2.75, 3.05) is 66.8 Å². The van der Waals surface area contributed by atoms with Crippen LogP contribution in [0.2, 0.25) is 0 Å². The number of carbonyl (C=O) groups excluding carboxylic acids is 1. The number of ether oxygens (including phenoxy) is 4. The summed E-state index contributed by atoms with van der Waals surface area (Å²) in [6.07, 6.45) is 1.75. The Bertz CT molecular complexity index is 612. The third-order valence-corrected chi connectivity index (χ3v) is 5.28. The Kier molecular flexibility index (Phi) is 7.32. The summed E-state index contributed by atoms with van der Waals surface area (Å²) in [7, 11) is 3.18. The van der Waals surface area contributed by atoms with E-state index in [9.17, 15) is 4.79 Å². The number of nitrogens with zero attached hydrogens (tertiary/aromatic N) is 2. The van der Waals surface area contributed by atoms with Crippen LogP contribution in [0, 0.1) is 0 Å². The van der Waals surface area contributed by atoms with Crippen molar-refractivity contribution < 1.29 is 23.7 Å². The molecule has 0 radical (unpaired) electrons. The lowest BCUT2D eigenvalue weighted by atomic mass is 10.0. The van der Waals surface area contributed by atoms with Gasteiger partial charge in [0.2, 0.25) is 0 Å². The Hall–Kier alpha value is -1.83. The average Bonchev–Trinajstić information content (AvgIpc) is 2.74. The Morgan fingerprint density at radius 1 is 1.07 bits per heavy atom. The summed E-state index contributed by atoms with van der Waals surface area (Å²) in [4.78, 5) is 17.7. The van der Waals surface area contributed by atoms with E-state index in [1.165, 1.54) is 0 Å². The molecule has 3 rings (SSSR count). The Labute approximate surface area is 161 Å². The normalized spacial score (nSPS) is 18.9. The molecule has 2 fully saturated rings. The van der Waals surface area contributed by atoms with Crippen molar-refractivity contribution >= 4 is 5.91 Å². The minimum absolute atomic E-state index is 0.0381. The van der Waals surface area contributed by atoms with Crippen LogP contribution in [0.4, 0.5) is 0 Å². The quantitative estimate of drug-likeness (QED) is 0.719. The lowest BCUT2D eigenvalue weighted by Crippen LogP contribution is -2.48. The van der Waals surface area contributed by atoms with Crippen LogP contribution in [-0.2, 0) is 9.47 Å². The number of carbonyl (C=O) groups is 1. The van der Waals surface area contributed by atoms with E-state index < -0.39 is 0 Å². The molecule has 2 heterocycles. The Morgan fingerprint density at radius 2 is 1.74 bits per heavy atom. The molecular weight excluding hydrogens is 348 g/mol. The fourth-order valence-corrected chi connectivity index (χ4v) is 3.66. The fourth-order valence-electron chi connectivity index (χ4n) is 3.66. The number of amides is 1. The van der Waals surface area contributed by atoms with Crippen LogP contribution in [-0.4, -0.2) is 88.6 Å². The topological polar surface area (TPSA) is 60.5 Å². The van der Waals surface area contributed by atoms with Gasteiger partial charge in [0, 0.05) is 51.0 Å². The van der Waals surface area contributed by atoms with Crippen LogP contribution < -0.4 is 9.47 Å². The van der Waals surface area contributed by atoms with Gasteiger partial charge in [0.15, 0.2) is 11.5 Å². The molecule has 27 heavy (non-hydrogen) atoms. The summed E-state index contributed by atoms with van der Waals surface area (Å²) in [6, 6.07) is 5.57. The molecule has 2 aliphatic heterocycles. The number of hydrogen-bond donors (Lipinski definition) is 0. The molecule has 2 aliphatic rings. The molecule has 0 spiro atoms. The van der Waals surface area contributed by atoms with Crippen LogP contribution in [0.25, 0.3) is 0 Å². The van der Waals surface area contributed by atoms with E-state index in [0.29, 0.717) is 36.8 Å². The highest BCUT2D eigenvalue weighted by Gasteiger charge is 2.28. The molecule has 7 nitrogen and oxygen atoms in total. The summed E-state index contributed by atoms with van der Waals surface area (Å²) < 4.78 is 21.6.